The van der Waals surface area contributed by atoms with Gasteiger partial charge in [0.15, 0.2) is 0 Å². The third-order valence-electron chi connectivity index (χ3n) is 4.54. The van der Waals surface area contributed by atoms with Gasteiger partial charge in [-0.3, -0.25) is 4.79 Å². The van der Waals surface area contributed by atoms with Crippen molar-refractivity contribution in [3.8, 4) is 5.69 Å². The molecule has 0 bridgehead atoms. The van der Waals surface area contributed by atoms with Crippen LogP contribution in [0.3, 0.4) is 0 Å². The third kappa shape index (κ3) is 3.36. The van der Waals surface area contributed by atoms with E-state index in [0.717, 1.165) is 22.6 Å². The maximum Gasteiger partial charge on any atom is 0.227 e. The summed E-state index contributed by atoms with van der Waals surface area (Å²) in [5.74, 6) is 0.149. The highest BCUT2D eigenvalue weighted by Gasteiger charge is 2.27. The summed E-state index contributed by atoms with van der Waals surface area (Å²) in [6.07, 6.45) is 0.572. The maximum absolute atomic E-state index is 12.7. The van der Waals surface area contributed by atoms with Gasteiger partial charge in [-0.2, -0.15) is 5.10 Å². The second-order valence-electron chi connectivity index (χ2n) is 6.63. The number of aryl methyl sites for hydroxylation is 1. The Balaban J connectivity index is 1.80. The normalized spacial score (nSPS) is 21.1. The summed E-state index contributed by atoms with van der Waals surface area (Å²) in [4.78, 5) is 14.7. The summed E-state index contributed by atoms with van der Waals surface area (Å²) >= 11 is 0. The van der Waals surface area contributed by atoms with Gasteiger partial charge in [-0.05, 0) is 39.8 Å². The summed E-state index contributed by atoms with van der Waals surface area (Å²) in [6, 6.07) is 10.0. The highest BCUT2D eigenvalue weighted by atomic mass is 16.5. The Kier molecular flexibility index (Phi) is 4.71. The molecule has 0 aliphatic carbocycles. The SMILES string of the molecule is Cc1nn(-c2ccccc2)c(C)c1CC(=O)N1CC(C)OC(C)C1. The van der Waals surface area contributed by atoms with Crippen LogP contribution in [0.5, 0.6) is 0 Å². The van der Waals surface area contributed by atoms with Crippen LogP contribution in [0.1, 0.15) is 30.8 Å². The van der Waals surface area contributed by atoms with Crippen molar-refractivity contribution in [2.75, 3.05) is 13.1 Å². The van der Waals surface area contributed by atoms with Crippen LogP contribution >= 0.6 is 0 Å². The zero-order chi connectivity index (χ0) is 17.3. The molecule has 0 spiro atoms. The second-order valence-corrected chi connectivity index (χ2v) is 6.63. The van der Waals surface area contributed by atoms with Gasteiger partial charge in [-0.15, -0.1) is 0 Å². The van der Waals surface area contributed by atoms with Crippen LogP contribution in [0.4, 0.5) is 0 Å². The molecule has 1 saturated heterocycles. The van der Waals surface area contributed by atoms with Gasteiger partial charge >= 0.3 is 0 Å². The van der Waals surface area contributed by atoms with Crippen molar-refractivity contribution in [2.45, 2.75) is 46.3 Å². The summed E-state index contributed by atoms with van der Waals surface area (Å²) in [7, 11) is 0. The highest BCUT2D eigenvalue weighted by Crippen LogP contribution is 2.20. The number of carbonyl (C=O) groups excluding carboxylic acids is 1. The van der Waals surface area contributed by atoms with Crippen LogP contribution in [-0.4, -0.2) is 45.9 Å². The molecule has 0 radical (unpaired) electrons. The number of morpholine rings is 1. The fraction of sp³-hybridized carbons (Fsp3) is 0.474. The minimum absolute atomic E-state index is 0.0898. The van der Waals surface area contributed by atoms with E-state index in [2.05, 4.69) is 5.10 Å². The first kappa shape index (κ1) is 16.7. The molecule has 2 atom stereocenters. The number of carbonyl (C=O) groups is 1. The molecule has 128 valence electrons. The Hall–Kier alpha value is -2.14. The van der Waals surface area contributed by atoms with E-state index in [1.54, 1.807) is 0 Å². The van der Waals surface area contributed by atoms with Gasteiger partial charge in [0.25, 0.3) is 0 Å². The molecular weight excluding hydrogens is 302 g/mol. The lowest BCUT2D eigenvalue weighted by atomic mass is 10.1. The van der Waals surface area contributed by atoms with Crippen molar-refractivity contribution in [2.24, 2.45) is 0 Å². The van der Waals surface area contributed by atoms with Gasteiger partial charge in [-0.25, -0.2) is 4.68 Å². The molecular formula is C19H25N3O2. The molecule has 24 heavy (non-hydrogen) atoms. The molecule has 5 nitrogen and oxygen atoms in total. The predicted octanol–water partition coefficient (Wildman–Crippen LogP) is 2.67. The number of rotatable bonds is 3. The number of nitrogens with zero attached hydrogens (tertiary/aromatic N) is 3. The van der Waals surface area contributed by atoms with Crippen molar-refractivity contribution in [1.82, 2.24) is 14.7 Å². The van der Waals surface area contributed by atoms with E-state index in [4.69, 9.17) is 4.74 Å². The molecule has 2 aromatic rings. The topological polar surface area (TPSA) is 47.4 Å². The minimum atomic E-state index is 0.0898. The lowest BCUT2D eigenvalue weighted by Crippen LogP contribution is -2.48. The van der Waals surface area contributed by atoms with Crippen molar-refractivity contribution in [3.63, 3.8) is 0 Å². The van der Waals surface area contributed by atoms with Gasteiger partial charge < -0.3 is 9.64 Å². The first-order valence-corrected chi connectivity index (χ1v) is 8.49. The lowest BCUT2D eigenvalue weighted by molar-refractivity contribution is -0.142. The average Bonchev–Trinajstić information content (AvgIpc) is 2.83. The van der Waals surface area contributed by atoms with Crippen molar-refractivity contribution >= 4 is 5.91 Å². The molecule has 5 heteroatoms. The van der Waals surface area contributed by atoms with Crippen molar-refractivity contribution in [1.29, 1.82) is 0 Å². The molecule has 0 N–H and O–H groups in total. The molecule has 1 fully saturated rings. The number of para-hydroxylation sites is 1. The van der Waals surface area contributed by atoms with Gasteiger partial charge in [0.05, 0.1) is 30.0 Å². The van der Waals surface area contributed by atoms with Gasteiger partial charge in [0.2, 0.25) is 5.91 Å². The van der Waals surface area contributed by atoms with Crippen LogP contribution in [0.25, 0.3) is 5.69 Å². The van der Waals surface area contributed by atoms with E-state index in [0.29, 0.717) is 19.5 Å². The number of benzene rings is 1. The van der Waals surface area contributed by atoms with E-state index in [1.807, 2.05) is 67.6 Å². The van der Waals surface area contributed by atoms with Gasteiger partial charge in [0, 0.05) is 24.3 Å². The molecule has 3 rings (SSSR count). The first-order valence-electron chi connectivity index (χ1n) is 8.49. The van der Waals surface area contributed by atoms with Crippen LogP contribution in [0.15, 0.2) is 30.3 Å². The molecule has 0 saturated carbocycles. The molecule has 2 unspecified atom stereocenters. The van der Waals surface area contributed by atoms with Crippen molar-refractivity contribution in [3.05, 3.63) is 47.3 Å². The Bertz CT molecular complexity index is 714. The van der Waals surface area contributed by atoms with E-state index < -0.39 is 0 Å². The van der Waals surface area contributed by atoms with Gasteiger partial charge in [0.1, 0.15) is 0 Å². The Labute approximate surface area is 143 Å². The summed E-state index contributed by atoms with van der Waals surface area (Å²) in [5, 5.41) is 4.63. The number of ether oxygens (including phenoxy) is 1. The standard InChI is InChI=1S/C19H25N3O2/c1-13-11-21(12-14(2)24-13)19(23)10-18-15(3)20-22(16(18)4)17-8-6-5-7-9-17/h5-9,13-14H,10-12H2,1-4H3. The fourth-order valence-corrected chi connectivity index (χ4v) is 3.40. The average molecular weight is 327 g/mol. The van der Waals surface area contributed by atoms with E-state index >= 15 is 0 Å². The molecule has 1 aromatic carbocycles. The molecule has 1 aliphatic heterocycles. The Morgan fingerprint density at radius 1 is 1.17 bits per heavy atom. The third-order valence-corrected chi connectivity index (χ3v) is 4.54. The van der Waals surface area contributed by atoms with Crippen LogP contribution in [-0.2, 0) is 16.0 Å². The molecule has 1 aromatic heterocycles. The molecule has 1 aliphatic rings. The minimum Gasteiger partial charge on any atom is -0.372 e. The van der Waals surface area contributed by atoms with E-state index in [-0.39, 0.29) is 18.1 Å². The lowest BCUT2D eigenvalue weighted by Gasteiger charge is -2.35. The summed E-state index contributed by atoms with van der Waals surface area (Å²) < 4.78 is 7.63. The largest absolute Gasteiger partial charge is 0.372 e. The second kappa shape index (κ2) is 6.77. The van der Waals surface area contributed by atoms with Crippen LogP contribution in [0, 0.1) is 13.8 Å². The zero-order valence-electron chi connectivity index (χ0n) is 14.8. The summed E-state index contributed by atoms with van der Waals surface area (Å²) in [6.45, 7) is 9.35. The van der Waals surface area contributed by atoms with Crippen molar-refractivity contribution < 1.29 is 9.53 Å². The Morgan fingerprint density at radius 2 is 1.79 bits per heavy atom. The number of hydrogen-bond donors (Lipinski definition) is 0. The first-order chi connectivity index (χ1) is 11.5. The predicted molar refractivity (Wildman–Crippen MR) is 93.3 cm³/mol. The van der Waals surface area contributed by atoms with E-state index in [9.17, 15) is 4.79 Å². The smallest absolute Gasteiger partial charge is 0.227 e. The number of amides is 1. The van der Waals surface area contributed by atoms with Crippen LogP contribution in [0.2, 0.25) is 0 Å². The monoisotopic (exact) mass is 327 g/mol. The molecule has 1 amide bonds. The fourth-order valence-electron chi connectivity index (χ4n) is 3.40. The highest BCUT2D eigenvalue weighted by molar-refractivity contribution is 5.79. The summed E-state index contributed by atoms with van der Waals surface area (Å²) in [5.41, 5.74) is 3.99. The Morgan fingerprint density at radius 3 is 2.42 bits per heavy atom. The van der Waals surface area contributed by atoms with Crippen LogP contribution < -0.4 is 0 Å². The number of aromatic nitrogens is 2. The maximum atomic E-state index is 12.7. The quantitative estimate of drug-likeness (QED) is 0.871. The molecule has 2 heterocycles. The number of hydrogen-bond acceptors (Lipinski definition) is 3. The van der Waals surface area contributed by atoms with E-state index in [1.165, 1.54) is 0 Å². The zero-order valence-corrected chi connectivity index (χ0v) is 14.8. The van der Waals surface area contributed by atoms with Gasteiger partial charge in [-0.1, -0.05) is 18.2 Å².